The Kier molecular flexibility index (Phi) is 3.74. The number of anilines is 1. The van der Waals surface area contributed by atoms with E-state index < -0.39 is 10.8 Å². The smallest absolute Gasteiger partial charge is 0.295 e. The van der Waals surface area contributed by atoms with Crippen LogP contribution in [0.2, 0.25) is 0 Å². The minimum atomic E-state index is -0.528. The Morgan fingerprint density at radius 2 is 2.20 bits per heavy atom. The first-order valence-electron chi connectivity index (χ1n) is 5.95. The van der Waals surface area contributed by atoms with E-state index in [2.05, 4.69) is 20.5 Å². The quantitative estimate of drug-likeness (QED) is 0.655. The zero-order chi connectivity index (χ0) is 14.7. The maximum absolute atomic E-state index is 11.9. The van der Waals surface area contributed by atoms with Gasteiger partial charge in [-0.3, -0.25) is 20.0 Å². The predicted molar refractivity (Wildman–Crippen MR) is 71.5 cm³/mol. The number of nitro benzene ring substituents is 1. The average molecular weight is 275 g/mol. The molecule has 2 aromatic rings. The van der Waals surface area contributed by atoms with Crippen molar-refractivity contribution in [1.82, 2.24) is 15.2 Å². The molecule has 2 rings (SSSR count). The van der Waals surface area contributed by atoms with Gasteiger partial charge in [-0.15, -0.1) is 5.10 Å². The highest BCUT2D eigenvalue weighted by Crippen LogP contribution is 2.17. The number of non-ortho nitro benzene ring substituents is 1. The SMILES string of the molecule is CC(C)c1nc(C(=O)Nc2cccc([N+](=O)[O-])c2)n[nH]1. The zero-order valence-electron chi connectivity index (χ0n) is 11.0. The number of amides is 1. The maximum atomic E-state index is 11.9. The van der Waals surface area contributed by atoms with Crippen molar-refractivity contribution < 1.29 is 9.72 Å². The predicted octanol–water partition coefficient (Wildman–Crippen LogP) is 2.09. The molecule has 20 heavy (non-hydrogen) atoms. The third-order valence-corrected chi connectivity index (χ3v) is 2.57. The number of carbonyl (C=O) groups is 1. The van der Waals surface area contributed by atoms with E-state index in [1.807, 2.05) is 13.8 Å². The summed E-state index contributed by atoms with van der Waals surface area (Å²) in [6.07, 6.45) is 0. The van der Waals surface area contributed by atoms with Gasteiger partial charge in [0.25, 0.3) is 11.6 Å². The molecule has 0 spiro atoms. The third kappa shape index (κ3) is 2.97. The van der Waals surface area contributed by atoms with Gasteiger partial charge >= 0.3 is 0 Å². The topological polar surface area (TPSA) is 114 Å². The monoisotopic (exact) mass is 275 g/mol. The van der Waals surface area contributed by atoms with Gasteiger partial charge in [0.05, 0.1) is 4.92 Å². The number of hydrogen-bond acceptors (Lipinski definition) is 5. The first-order valence-corrected chi connectivity index (χ1v) is 5.95. The lowest BCUT2D eigenvalue weighted by Crippen LogP contribution is -2.14. The van der Waals surface area contributed by atoms with Crippen molar-refractivity contribution in [2.45, 2.75) is 19.8 Å². The Bertz CT molecular complexity index is 650. The van der Waals surface area contributed by atoms with Crippen LogP contribution in [0.5, 0.6) is 0 Å². The third-order valence-electron chi connectivity index (χ3n) is 2.57. The number of rotatable bonds is 4. The van der Waals surface area contributed by atoms with Crippen molar-refractivity contribution in [3.8, 4) is 0 Å². The van der Waals surface area contributed by atoms with Gasteiger partial charge in [0.15, 0.2) is 0 Å². The van der Waals surface area contributed by atoms with E-state index >= 15 is 0 Å². The van der Waals surface area contributed by atoms with Crippen molar-refractivity contribution in [2.24, 2.45) is 0 Å². The van der Waals surface area contributed by atoms with Crippen LogP contribution in [0.4, 0.5) is 11.4 Å². The number of nitro groups is 1. The Morgan fingerprint density at radius 3 is 2.80 bits per heavy atom. The summed E-state index contributed by atoms with van der Waals surface area (Å²) in [5.41, 5.74) is 0.223. The molecule has 1 amide bonds. The lowest BCUT2D eigenvalue weighted by atomic mass is 10.2. The van der Waals surface area contributed by atoms with Crippen LogP contribution in [0, 0.1) is 10.1 Å². The zero-order valence-corrected chi connectivity index (χ0v) is 11.0. The summed E-state index contributed by atoms with van der Waals surface area (Å²) in [6, 6.07) is 5.67. The number of aromatic nitrogens is 3. The molecule has 0 unspecified atom stereocenters. The molecule has 0 radical (unpaired) electrons. The molecule has 0 saturated carbocycles. The fraction of sp³-hybridized carbons (Fsp3) is 0.250. The molecule has 1 aromatic heterocycles. The highest BCUT2D eigenvalue weighted by Gasteiger charge is 2.15. The molecular formula is C12H13N5O3. The number of carbonyl (C=O) groups excluding carboxylic acids is 1. The van der Waals surface area contributed by atoms with Crippen LogP contribution in [0.25, 0.3) is 0 Å². The number of nitrogens with zero attached hydrogens (tertiary/aromatic N) is 3. The van der Waals surface area contributed by atoms with Crippen molar-refractivity contribution >= 4 is 17.3 Å². The van der Waals surface area contributed by atoms with Gasteiger partial charge in [0.2, 0.25) is 5.82 Å². The summed E-state index contributed by atoms with van der Waals surface area (Å²) >= 11 is 0. The molecule has 8 heteroatoms. The van der Waals surface area contributed by atoms with E-state index in [-0.39, 0.29) is 17.4 Å². The molecule has 0 atom stereocenters. The molecule has 1 heterocycles. The highest BCUT2D eigenvalue weighted by atomic mass is 16.6. The van der Waals surface area contributed by atoms with Crippen LogP contribution in [0.15, 0.2) is 24.3 Å². The average Bonchev–Trinajstić information content (AvgIpc) is 2.88. The Balaban J connectivity index is 2.14. The molecular weight excluding hydrogens is 262 g/mol. The molecule has 0 aliphatic heterocycles. The van der Waals surface area contributed by atoms with E-state index in [1.165, 1.54) is 18.2 Å². The molecule has 0 aliphatic rings. The fourth-order valence-electron chi connectivity index (χ4n) is 1.52. The molecule has 104 valence electrons. The van der Waals surface area contributed by atoms with Crippen molar-refractivity contribution in [1.29, 1.82) is 0 Å². The Labute approximate surface area is 114 Å². The molecule has 0 fully saturated rings. The van der Waals surface area contributed by atoms with Crippen LogP contribution >= 0.6 is 0 Å². The van der Waals surface area contributed by atoms with Crippen LogP contribution in [-0.2, 0) is 0 Å². The summed E-state index contributed by atoms with van der Waals surface area (Å²) in [4.78, 5) is 26.1. The second-order valence-corrected chi connectivity index (χ2v) is 4.46. The van der Waals surface area contributed by atoms with Crippen molar-refractivity contribution in [2.75, 3.05) is 5.32 Å². The van der Waals surface area contributed by atoms with Gasteiger partial charge in [0.1, 0.15) is 5.82 Å². The molecule has 0 saturated heterocycles. The molecule has 1 aromatic carbocycles. The molecule has 0 aliphatic carbocycles. The number of H-pyrrole nitrogens is 1. The van der Waals surface area contributed by atoms with Gasteiger partial charge in [-0.1, -0.05) is 19.9 Å². The second-order valence-electron chi connectivity index (χ2n) is 4.46. The van der Waals surface area contributed by atoms with E-state index in [9.17, 15) is 14.9 Å². The minimum absolute atomic E-state index is 0.000191. The van der Waals surface area contributed by atoms with Gasteiger partial charge in [0, 0.05) is 23.7 Å². The molecule has 8 nitrogen and oxygen atoms in total. The first-order chi connectivity index (χ1) is 9.47. The summed E-state index contributed by atoms with van der Waals surface area (Å²) in [7, 11) is 0. The molecule has 2 N–H and O–H groups in total. The Morgan fingerprint density at radius 1 is 1.45 bits per heavy atom. The van der Waals surface area contributed by atoms with E-state index in [1.54, 1.807) is 6.07 Å². The second kappa shape index (κ2) is 5.47. The number of nitrogens with one attached hydrogen (secondary N) is 2. The lowest BCUT2D eigenvalue weighted by molar-refractivity contribution is -0.384. The minimum Gasteiger partial charge on any atom is -0.319 e. The lowest BCUT2D eigenvalue weighted by Gasteiger charge is -2.01. The van der Waals surface area contributed by atoms with E-state index in [0.29, 0.717) is 11.5 Å². The van der Waals surface area contributed by atoms with Crippen LogP contribution < -0.4 is 5.32 Å². The van der Waals surface area contributed by atoms with E-state index in [4.69, 9.17) is 0 Å². The van der Waals surface area contributed by atoms with Crippen LogP contribution in [0.1, 0.15) is 36.2 Å². The standard InChI is InChI=1S/C12H13N5O3/c1-7(2)10-14-11(16-15-10)12(18)13-8-4-3-5-9(6-8)17(19)20/h3-7H,1-2H3,(H,13,18)(H,14,15,16). The summed E-state index contributed by atoms with van der Waals surface area (Å²) in [6.45, 7) is 3.84. The Hall–Kier alpha value is -2.77. The number of hydrogen-bond donors (Lipinski definition) is 2. The van der Waals surface area contributed by atoms with Crippen molar-refractivity contribution in [3.63, 3.8) is 0 Å². The van der Waals surface area contributed by atoms with Gasteiger partial charge in [-0.05, 0) is 6.07 Å². The summed E-state index contributed by atoms with van der Waals surface area (Å²) in [5.74, 6) is 0.213. The highest BCUT2D eigenvalue weighted by molar-refractivity contribution is 6.01. The fourth-order valence-corrected chi connectivity index (χ4v) is 1.52. The van der Waals surface area contributed by atoms with Gasteiger partial charge in [-0.25, -0.2) is 4.98 Å². The van der Waals surface area contributed by atoms with Gasteiger partial charge < -0.3 is 5.32 Å². The van der Waals surface area contributed by atoms with E-state index in [0.717, 1.165) is 0 Å². The number of aromatic amines is 1. The first kappa shape index (κ1) is 13.7. The largest absolute Gasteiger partial charge is 0.319 e. The molecule has 0 bridgehead atoms. The summed E-state index contributed by atoms with van der Waals surface area (Å²) in [5, 5.41) is 19.6. The van der Waals surface area contributed by atoms with Crippen LogP contribution in [0.3, 0.4) is 0 Å². The number of benzene rings is 1. The van der Waals surface area contributed by atoms with Crippen molar-refractivity contribution in [3.05, 3.63) is 46.0 Å². The van der Waals surface area contributed by atoms with Gasteiger partial charge in [-0.2, -0.15) is 0 Å². The summed E-state index contributed by atoms with van der Waals surface area (Å²) < 4.78 is 0. The maximum Gasteiger partial charge on any atom is 0.295 e. The van der Waals surface area contributed by atoms with Crippen LogP contribution in [-0.4, -0.2) is 26.0 Å². The normalized spacial score (nSPS) is 10.6.